The third-order valence-corrected chi connectivity index (χ3v) is 4.42. The number of aryl methyl sites for hydroxylation is 1. The van der Waals surface area contributed by atoms with Gasteiger partial charge >= 0.3 is 5.97 Å². The molecule has 1 aromatic rings. The summed E-state index contributed by atoms with van der Waals surface area (Å²) in [6.45, 7) is 4.90. The number of carboxylic acids is 1. The quantitative estimate of drug-likeness (QED) is 0.780. The lowest BCUT2D eigenvalue weighted by Crippen LogP contribution is -2.36. The standard InChI is InChI=1S/C16H28N4O3/c1-3-4-7-15-17-14(18-23-15)11-20-9-5-6-13(8-10-20)19(2)12-16(21)22/h13H,3-12H2,1-2H3,(H,21,22). The minimum absolute atomic E-state index is 0.107. The number of rotatable bonds is 8. The van der Waals surface area contributed by atoms with Gasteiger partial charge in [-0.3, -0.25) is 14.6 Å². The number of unbranched alkanes of at least 4 members (excludes halogenated alkanes) is 1. The number of likely N-dealkylation sites (N-methyl/N-ethyl adjacent to an activating group) is 1. The van der Waals surface area contributed by atoms with Crippen LogP contribution >= 0.6 is 0 Å². The predicted octanol–water partition coefficient (Wildman–Crippen LogP) is 1.78. The number of nitrogens with zero attached hydrogens (tertiary/aromatic N) is 4. The summed E-state index contributed by atoms with van der Waals surface area (Å²) in [5.41, 5.74) is 0. The summed E-state index contributed by atoms with van der Waals surface area (Å²) in [5, 5.41) is 13.0. The van der Waals surface area contributed by atoms with Crippen molar-refractivity contribution in [3.05, 3.63) is 11.7 Å². The van der Waals surface area contributed by atoms with Gasteiger partial charge in [0.25, 0.3) is 0 Å². The first-order chi connectivity index (χ1) is 11.1. The number of hydrogen-bond acceptors (Lipinski definition) is 6. The Kier molecular flexibility index (Phi) is 6.98. The highest BCUT2D eigenvalue weighted by Crippen LogP contribution is 2.17. The number of aromatic nitrogens is 2. The lowest BCUT2D eigenvalue weighted by atomic mass is 10.1. The van der Waals surface area contributed by atoms with E-state index >= 15 is 0 Å². The van der Waals surface area contributed by atoms with E-state index in [4.69, 9.17) is 9.63 Å². The van der Waals surface area contributed by atoms with Crippen LogP contribution in [0.3, 0.4) is 0 Å². The van der Waals surface area contributed by atoms with Gasteiger partial charge in [0.1, 0.15) is 0 Å². The number of carboxylic acid groups (broad SMARTS) is 1. The first-order valence-electron chi connectivity index (χ1n) is 8.54. The van der Waals surface area contributed by atoms with E-state index in [1.807, 2.05) is 11.9 Å². The second kappa shape index (κ2) is 8.98. The van der Waals surface area contributed by atoms with Crippen molar-refractivity contribution in [3.63, 3.8) is 0 Å². The summed E-state index contributed by atoms with van der Waals surface area (Å²) in [6, 6.07) is 0.335. The Bertz CT molecular complexity index is 491. The third kappa shape index (κ3) is 5.91. The van der Waals surface area contributed by atoms with Gasteiger partial charge in [0.05, 0.1) is 13.1 Å². The van der Waals surface area contributed by atoms with E-state index in [0.29, 0.717) is 12.6 Å². The van der Waals surface area contributed by atoms with Gasteiger partial charge < -0.3 is 9.63 Å². The van der Waals surface area contributed by atoms with Crippen molar-refractivity contribution in [1.82, 2.24) is 19.9 Å². The van der Waals surface area contributed by atoms with Gasteiger partial charge in [-0.05, 0) is 39.3 Å². The molecule has 0 radical (unpaired) electrons. The highest BCUT2D eigenvalue weighted by Gasteiger charge is 2.22. The molecule has 0 amide bonds. The van der Waals surface area contributed by atoms with Gasteiger partial charge in [0, 0.05) is 19.0 Å². The molecule has 2 heterocycles. The van der Waals surface area contributed by atoms with Crippen LogP contribution in [0.4, 0.5) is 0 Å². The molecule has 1 fully saturated rings. The lowest BCUT2D eigenvalue weighted by Gasteiger charge is -2.25. The fourth-order valence-electron chi connectivity index (χ4n) is 3.06. The Hall–Kier alpha value is -1.47. The number of carbonyl (C=O) groups is 1. The van der Waals surface area contributed by atoms with Crippen LogP contribution in [0.2, 0.25) is 0 Å². The zero-order valence-corrected chi connectivity index (χ0v) is 14.2. The summed E-state index contributed by atoms with van der Waals surface area (Å²) in [5.74, 6) is 0.726. The summed E-state index contributed by atoms with van der Waals surface area (Å²) in [7, 11) is 1.90. The molecular weight excluding hydrogens is 296 g/mol. The molecule has 1 aliphatic heterocycles. The van der Waals surface area contributed by atoms with Crippen molar-refractivity contribution in [2.45, 2.75) is 58.0 Å². The topological polar surface area (TPSA) is 82.7 Å². The molecule has 23 heavy (non-hydrogen) atoms. The molecule has 1 N–H and O–H groups in total. The number of hydrogen-bond donors (Lipinski definition) is 1. The highest BCUT2D eigenvalue weighted by atomic mass is 16.5. The molecule has 0 spiro atoms. The second-order valence-corrected chi connectivity index (χ2v) is 6.38. The van der Waals surface area contributed by atoms with Crippen molar-refractivity contribution in [2.24, 2.45) is 0 Å². The summed E-state index contributed by atoms with van der Waals surface area (Å²) >= 11 is 0. The van der Waals surface area contributed by atoms with Gasteiger partial charge in [-0.2, -0.15) is 4.98 Å². The van der Waals surface area contributed by atoms with Crippen molar-refractivity contribution >= 4 is 5.97 Å². The fraction of sp³-hybridized carbons (Fsp3) is 0.812. The van der Waals surface area contributed by atoms with Crippen LogP contribution in [0.25, 0.3) is 0 Å². The van der Waals surface area contributed by atoms with Crippen molar-refractivity contribution in [1.29, 1.82) is 0 Å². The van der Waals surface area contributed by atoms with Gasteiger partial charge in [0.2, 0.25) is 5.89 Å². The van der Waals surface area contributed by atoms with Crippen molar-refractivity contribution in [3.8, 4) is 0 Å². The molecule has 1 aromatic heterocycles. The predicted molar refractivity (Wildman–Crippen MR) is 86.1 cm³/mol. The fourth-order valence-corrected chi connectivity index (χ4v) is 3.06. The summed E-state index contributed by atoms with van der Waals surface area (Å²) in [6.07, 6.45) is 6.12. The van der Waals surface area contributed by atoms with Crippen molar-refractivity contribution in [2.75, 3.05) is 26.7 Å². The molecule has 7 nitrogen and oxygen atoms in total. The first-order valence-corrected chi connectivity index (χ1v) is 8.54. The number of likely N-dealkylation sites (tertiary alicyclic amines) is 1. The molecule has 1 aliphatic rings. The zero-order valence-electron chi connectivity index (χ0n) is 14.2. The SMILES string of the molecule is CCCCc1nc(CN2CCCC(N(C)CC(=O)O)CC2)no1. The number of aliphatic carboxylic acids is 1. The van der Waals surface area contributed by atoms with Crippen LogP contribution in [-0.2, 0) is 17.8 Å². The van der Waals surface area contributed by atoms with E-state index in [0.717, 1.165) is 63.3 Å². The zero-order chi connectivity index (χ0) is 16.7. The van der Waals surface area contributed by atoms with Crippen LogP contribution in [0.1, 0.15) is 50.7 Å². The van der Waals surface area contributed by atoms with E-state index < -0.39 is 5.97 Å². The monoisotopic (exact) mass is 324 g/mol. The molecule has 0 aliphatic carbocycles. The van der Waals surface area contributed by atoms with Crippen LogP contribution in [0.15, 0.2) is 4.52 Å². The lowest BCUT2D eigenvalue weighted by molar-refractivity contribution is -0.138. The molecule has 130 valence electrons. The molecule has 7 heteroatoms. The third-order valence-electron chi connectivity index (χ3n) is 4.42. The molecule has 1 atom stereocenters. The van der Waals surface area contributed by atoms with E-state index in [2.05, 4.69) is 22.0 Å². The van der Waals surface area contributed by atoms with E-state index in [-0.39, 0.29) is 6.54 Å². The van der Waals surface area contributed by atoms with Gasteiger partial charge in [-0.15, -0.1) is 0 Å². The van der Waals surface area contributed by atoms with E-state index in [9.17, 15) is 4.79 Å². The Morgan fingerprint density at radius 3 is 3.00 bits per heavy atom. The van der Waals surface area contributed by atoms with Gasteiger partial charge in [-0.1, -0.05) is 18.5 Å². The largest absolute Gasteiger partial charge is 0.480 e. The van der Waals surface area contributed by atoms with Gasteiger partial charge in [-0.25, -0.2) is 0 Å². The van der Waals surface area contributed by atoms with Crippen LogP contribution in [0.5, 0.6) is 0 Å². The Morgan fingerprint density at radius 1 is 1.43 bits per heavy atom. The van der Waals surface area contributed by atoms with E-state index in [1.54, 1.807) is 0 Å². The Balaban J connectivity index is 1.81. The average molecular weight is 324 g/mol. The molecule has 2 rings (SSSR count). The first kappa shape index (κ1) is 17.9. The van der Waals surface area contributed by atoms with Gasteiger partial charge in [0.15, 0.2) is 5.82 Å². The average Bonchev–Trinajstić information content (AvgIpc) is 2.80. The summed E-state index contributed by atoms with van der Waals surface area (Å²) in [4.78, 5) is 19.6. The Labute approximate surface area is 137 Å². The summed E-state index contributed by atoms with van der Waals surface area (Å²) < 4.78 is 5.28. The Morgan fingerprint density at radius 2 is 2.26 bits per heavy atom. The molecule has 0 saturated carbocycles. The second-order valence-electron chi connectivity index (χ2n) is 6.38. The van der Waals surface area contributed by atoms with Crippen LogP contribution in [-0.4, -0.2) is 63.7 Å². The minimum Gasteiger partial charge on any atom is -0.480 e. The minimum atomic E-state index is -0.764. The maximum atomic E-state index is 10.8. The highest BCUT2D eigenvalue weighted by molar-refractivity contribution is 5.69. The molecular formula is C16H28N4O3. The molecule has 1 saturated heterocycles. The van der Waals surface area contributed by atoms with E-state index in [1.165, 1.54) is 0 Å². The molecule has 0 aromatic carbocycles. The van der Waals surface area contributed by atoms with Crippen LogP contribution in [0, 0.1) is 0 Å². The molecule has 1 unspecified atom stereocenters. The maximum Gasteiger partial charge on any atom is 0.317 e. The maximum absolute atomic E-state index is 10.8. The normalized spacial score (nSPS) is 19.9. The smallest absolute Gasteiger partial charge is 0.317 e. The van der Waals surface area contributed by atoms with Crippen molar-refractivity contribution < 1.29 is 14.4 Å². The molecule has 0 bridgehead atoms. The van der Waals surface area contributed by atoms with Crippen LogP contribution < -0.4 is 0 Å².